The first-order valence-corrected chi connectivity index (χ1v) is 15.4. The number of para-hydroxylation sites is 1. The van der Waals surface area contributed by atoms with Crippen molar-refractivity contribution in [3.05, 3.63) is 100 Å². The summed E-state index contributed by atoms with van der Waals surface area (Å²) in [4.78, 5) is 56.7. The molecule has 1 atom stereocenters. The van der Waals surface area contributed by atoms with Gasteiger partial charge in [-0.25, -0.2) is 0 Å². The molecule has 1 unspecified atom stereocenters. The van der Waals surface area contributed by atoms with E-state index in [-0.39, 0.29) is 30.0 Å². The Bertz CT molecular complexity index is 1590. The van der Waals surface area contributed by atoms with Crippen LogP contribution in [0.5, 0.6) is 0 Å². The smallest absolute Gasteiger partial charge is 0.258 e. The van der Waals surface area contributed by atoms with Gasteiger partial charge in [0.2, 0.25) is 11.8 Å². The maximum Gasteiger partial charge on any atom is 0.258 e. The highest BCUT2D eigenvalue weighted by Gasteiger charge is 2.39. The van der Waals surface area contributed by atoms with E-state index in [4.69, 9.17) is 0 Å². The highest BCUT2D eigenvalue weighted by atomic mass is 16.2. The van der Waals surface area contributed by atoms with Crippen LogP contribution in [0.2, 0.25) is 0 Å². The molecule has 4 heterocycles. The van der Waals surface area contributed by atoms with Crippen LogP contribution in [0.1, 0.15) is 81.0 Å². The Balaban J connectivity index is 1.00. The van der Waals surface area contributed by atoms with Crippen LogP contribution in [0, 0.1) is 0 Å². The standard InChI is InChI=1S/C35H36N4O4/c40-32-14-13-31(33(41)36-32)39-22-26-20-24(11-12-29(26)34(39)42)23-15-18-37(19-16-23)21-25-6-4-9-30-28(25)10-5-17-38(35(30)43)27-7-2-1-3-8-27/h1-4,6-9,11-12,20,23,31H,5,10,13-19,21-22H2,(H,36,40,41). The minimum Gasteiger partial charge on any atom is -0.322 e. The van der Waals surface area contributed by atoms with Crippen LogP contribution in [0.25, 0.3) is 0 Å². The summed E-state index contributed by atoms with van der Waals surface area (Å²) in [5.41, 5.74) is 7.10. The summed E-state index contributed by atoms with van der Waals surface area (Å²) < 4.78 is 0. The largest absolute Gasteiger partial charge is 0.322 e. The quantitative estimate of drug-likeness (QED) is 0.455. The molecule has 0 spiro atoms. The number of amides is 4. The normalized spacial score (nSPS) is 21.4. The number of hydrogen-bond acceptors (Lipinski definition) is 5. The van der Waals surface area contributed by atoms with Gasteiger partial charge in [-0.1, -0.05) is 42.5 Å². The first-order valence-electron chi connectivity index (χ1n) is 15.4. The van der Waals surface area contributed by atoms with Gasteiger partial charge >= 0.3 is 0 Å². The van der Waals surface area contributed by atoms with Gasteiger partial charge in [-0.2, -0.15) is 0 Å². The van der Waals surface area contributed by atoms with Gasteiger partial charge in [-0.3, -0.25) is 29.4 Å². The molecule has 0 saturated carbocycles. The first kappa shape index (κ1) is 27.5. The fraction of sp³-hybridized carbons (Fsp3) is 0.371. The van der Waals surface area contributed by atoms with E-state index in [9.17, 15) is 19.2 Å². The van der Waals surface area contributed by atoms with Crippen molar-refractivity contribution >= 4 is 29.3 Å². The van der Waals surface area contributed by atoms with Crippen LogP contribution in [-0.2, 0) is 29.1 Å². The molecule has 8 nitrogen and oxygen atoms in total. The van der Waals surface area contributed by atoms with Gasteiger partial charge in [0.15, 0.2) is 0 Å². The lowest BCUT2D eigenvalue weighted by Gasteiger charge is -2.33. The van der Waals surface area contributed by atoms with Gasteiger partial charge in [0.05, 0.1) is 0 Å². The molecule has 4 aliphatic rings. The predicted molar refractivity (Wildman–Crippen MR) is 163 cm³/mol. The van der Waals surface area contributed by atoms with Crippen LogP contribution in [0.4, 0.5) is 5.69 Å². The molecule has 220 valence electrons. The summed E-state index contributed by atoms with van der Waals surface area (Å²) >= 11 is 0. The highest BCUT2D eigenvalue weighted by Crippen LogP contribution is 2.34. The van der Waals surface area contributed by atoms with Crippen molar-refractivity contribution in [1.82, 2.24) is 15.1 Å². The molecule has 4 amide bonds. The van der Waals surface area contributed by atoms with Crippen molar-refractivity contribution in [2.45, 2.75) is 63.6 Å². The van der Waals surface area contributed by atoms with Crippen molar-refractivity contribution in [3.8, 4) is 0 Å². The van der Waals surface area contributed by atoms with Crippen molar-refractivity contribution < 1.29 is 19.2 Å². The summed E-state index contributed by atoms with van der Waals surface area (Å²) in [5, 5.41) is 2.37. The number of benzene rings is 3. The lowest BCUT2D eigenvalue weighted by molar-refractivity contribution is -0.136. The van der Waals surface area contributed by atoms with Gasteiger partial charge < -0.3 is 9.80 Å². The molecule has 2 fully saturated rings. The molecule has 8 heteroatoms. The van der Waals surface area contributed by atoms with Gasteiger partial charge in [-0.05, 0) is 97.6 Å². The van der Waals surface area contributed by atoms with Crippen molar-refractivity contribution in [1.29, 1.82) is 0 Å². The Kier molecular flexibility index (Phi) is 7.31. The zero-order valence-electron chi connectivity index (χ0n) is 24.3. The number of hydrogen-bond donors (Lipinski definition) is 1. The molecule has 0 bridgehead atoms. The lowest BCUT2D eigenvalue weighted by atomic mass is 9.87. The molecule has 43 heavy (non-hydrogen) atoms. The maximum absolute atomic E-state index is 13.6. The number of piperidine rings is 2. The van der Waals surface area contributed by atoms with E-state index in [0.717, 1.165) is 68.7 Å². The highest BCUT2D eigenvalue weighted by molar-refractivity contribution is 6.08. The summed E-state index contributed by atoms with van der Waals surface area (Å²) in [6.07, 6.45) is 4.53. The molecule has 2 saturated heterocycles. The van der Waals surface area contributed by atoms with Gasteiger partial charge in [-0.15, -0.1) is 0 Å². The number of anilines is 1. The van der Waals surface area contributed by atoms with Gasteiger partial charge in [0.1, 0.15) is 6.04 Å². The summed E-state index contributed by atoms with van der Waals surface area (Å²) in [5.74, 6) is -0.276. The van der Waals surface area contributed by atoms with E-state index in [1.165, 1.54) is 16.7 Å². The third-order valence-electron chi connectivity index (χ3n) is 9.63. The van der Waals surface area contributed by atoms with Crippen LogP contribution in [0.3, 0.4) is 0 Å². The van der Waals surface area contributed by atoms with E-state index in [1.807, 2.05) is 53.4 Å². The average Bonchev–Trinajstić information content (AvgIpc) is 3.24. The maximum atomic E-state index is 13.6. The Hall–Kier alpha value is -4.30. The van der Waals surface area contributed by atoms with Gasteiger partial charge in [0, 0.05) is 42.9 Å². The summed E-state index contributed by atoms with van der Waals surface area (Å²) in [6, 6.07) is 21.7. The Labute approximate surface area is 251 Å². The molecular weight excluding hydrogens is 540 g/mol. The van der Waals surface area contributed by atoms with Crippen LogP contribution in [-0.4, -0.2) is 59.1 Å². The predicted octanol–water partition coefficient (Wildman–Crippen LogP) is 4.42. The van der Waals surface area contributed by atoms with Crippen molar-refractivity contribution in [2.75, 3.05) is 24.5 Å². The van der Waals surface area contributed by atoms with E-state index in [0.29, 0.717) is 24.4 Å². The number of fused-ring (bicyclic) bond motifs is 2. The molecule has 7 rings (SSSR count). The van der Waals surface area contributed by atoms with Crippen LogP contribution < -0.4 is 10.2 Å². The molecule has 1 N–H and O–H groups in total. The SMILES string of the molecule is O=C1CCC(N2Cc3cc(C4CCN(Cc5cccc6c5CCCN(c5ccccc5)C6=O)CC4)ccc3C2=O)C(=O)N1. The number of carbonyl (C=O) groups excluding carboxylic acids is 4. The monoisotopic (exact) mass is 576 g/mol. The minimum atomic E-state index is -0.589. The molecular formula is C35H36N4O4. The number of nitrogens with one attached hydrogen (secondary N) is 1. The van der Waals surface area contributed by atoms with E-state index < -0.39 is 6.04 Å². The molecule has 3 aromatic carbocycles. The minimum absolute atomic E-state index is 0.0884. The van der Waals surface area contributed by atoms with E-state index >= 15 is 0 Å². The number of carbonyl (C=O) groups is 4. The van der Waals surface area contributed by atoms with Crippen molar-refractivity contribution in [3.63, 3.8) is 0 Å². The topological polar surface area (TPSA) is 90.0 Å². The summed E-state index contributed by atoms with van der Waals surface area (Å²) in [7, 11) is 0. The fourth-order valence-corrected chi connectivity index (χ4v) is 7.31. The third-order valence-corrected chi connectivity index (χ3v) is 9.63. The third kappa shape index (κ3) is 5.25. The number of imide groups is 1. The Morgan fingerprint density at radius 2 is 1.58 bits per heavy atom. The van der Waals surface area contributed by atoms with Crippen LogP contribution in [0.15, 0.2) is 66.7 Å². The molecule has 0 aliphatic carbocycles. The molecule has 4 aliphatic heterocycles. The first-order chi connectivity index (χ1) is 21.0. The van der Waals surface area contributed by atoms with Crippen molar-refractivity contribution in [2.24, 2.45) is 0 Å². The molecule has 0 aromatic heterocycles. The summed E-state index contributed by atoms with van der Waals surface area (Å²) in [6.45, 7) is 3.91. The van der Waals surface area contributed by atoms with Gasteiger partial charge in [0.25, 0.3) is 11.8 Å². The number of likely N-dealkylation sites (tertiary alicyclic amines) is 1. The van der Waals surface area contributed by atoms with E-state index in [1.54, 1.807) is 4.90 Å². The van der Waals surface area contributed by atoms with Crippen LogP contribution >= 0.6 is 0 Å². The lowest BCUT2D eigenvalue weighted by Crippen LogP contribution is -2.52. The molecule has 0 radical (unpaired) electrons. The second-order valence-electron chi connectivity index (χ2n) is 12.2. The second-order valence-corrected chi connectivity index (χ2v) is 12.2. The Morgan fingerprint density at radius 1 is 0.767 bits per heavy atom. The number of rotatable bonds is 5. The second kappa shape index (κ2) is 11.4. The number of nitrogens with zero attached hydrogens (tertiary/aromatic N) is 3. The Morgan fingerprint density at radius 3 is 2.37 bits per heavy atom. The zero-order valence-corrected chi connectivity index (χ0v) is 24.3. The average molecular weight is 577 g/mol. The fourth-order valence-electron chi connectivity index (χ4n) is 7.31. The zero-order chi connectivity index (χ0) is 29.5. The molecule has 3 aromatic rings. The van der Waals surface area contributed by atoms with E-state index in [2.05, 4.69) is 28.4 Å².